The molecule has 2 atom stereocenters. The highest BCUT2D eigenvalue weighted by Crippen LogP contribution is 2.41. The zero-order valence-electron chi connectivity index (χ0n) is 11.2. The maximum absolute atomic E-state index is 5.96. The molecule has 2 heterocycles. The Hall–Kier alpha value is -0.200. The van der Waals surface area contributed by atoms with Crippen LogP contribution in [0.5, 0.6) is 0 Å². The van der Waals surface area contributed by atoms with E-state index in [1.807, 2.05) is 37.4 Å². The maximum Gasteiger partial charge on any atom is 0.226 e. The van der Waals surface area contributed by atoms with Crippen molar-refractivity contribution in [1.82, 2.24) is 10.1 Å². The van der Waals surface area contributed by atoms with Crippen LogP contribution < -0.4 is 5.73 Å². The van der Waals surface area contributed by atoms with E-state index in [2.05, 4.69) is 17.1 Å². The van der Waals surface area contributed by atoms with Gasteiger partial charge < -0.3 is 10.3 Å². The van der Waals surface area contributed by atoms with Crippen molar-refractivity contribution in [2.75, 3.05) is 11.5 Å². The van der Waals surface area contributed by atoms with Crippen LogP contribution in [0.25, 0.3) is 0 Å². The van der Waals surface area contributed by atoms with Gasteiger partial charge in [0.15, 0.2) is 5.82 Å². The predicted molar refractivity (Wildman–Crippen MR) is 78.0 cm³/mol. The smallest absolute Gasteiger partial charge is 0.226 e. The molecular weight excluding hydrogens is 266 g/mol. The topological polar surface area (TPSA) is 64.9 Å². The van der Waals surface area contributed by atoms with E-state index in [0.717, 1.165) is 18.7 Å². The average molecular weight is 287 g/mol. The Morgan fingerprint density at radius 2 is 2.11 bits per heavy atom. The van der Waals surface area contributed by atoms with Gasteiger partial charge in [0.05, 0.1) is 5.25 Å². The molecule has 1 aliphatic rings. The van der Waals surface area contributed by atoms with E-state index in [9.17, 15) is 0 Å². The molecule has 1 aliphatic heterocycles. The van der Waals surface area contributed by atoms with Crippen LogP contribution >= 0.6 is 23.5 Å². The fourth-order valence-electron chi connectivity index (χ4n) is 1.83. The molecule has 1 aromatic heterocycles. The molecule has 0 radical (unpaired) electrons. The fourth-order valence-corrected chi connectivity index (χ4v) is 4.51. The number of aromatic nitrogens is 2. The van der Waals surface area contributed by atoms with Gasteiger partial charge in [-0.3, -0.25) is 0 Å². The van der Waals surface area contributed by atoms with Gasteiger partial charge in [-0.15, -0.1) is 11.8 Å². The van der Waals surface area contributed by atoms with Crippen LogP contribution in [0.2, 0.25) is 0 Å². The summed E-state index contributed by atoms with van der Waals surface area (Å²) in [4.78, 5) is 4.52. The molecule has 0 bridgehead atoms. The molecule has 0 aliphatic carbocycles. The Kier molecular flexibility index (Phi) is 4.61. The average Bonchev–Trinajstić information content (AvgIpc) is 2.75. The molecule has 2 N–H and O–H groups in total. The minimum absolute atomic E-state index is 0.183. The van der Waals surface area contributed by atoms with Crippen LogP contribution in [-0.2, 0) is 6.42 Å². The van der Waals surface area contributed by atoms with Crippen molar-refractivity contribution in [3.63, 3.8) is 0 Å². The van der Waals surface area contributed by atoms with E-state index in [1.54, 1.807) is 0 Å². The monoisotopic (exact) mass is 287 g/mol. The molecule has 0 aromatic carbocycles. The lowest BCUT2D eigenvalue weighted by atomic mass is 10.0. The Bertz CT molecular complexity index is 389. The first kappa shape index (κ1) is 14.2. The second-order valence-electron chi connectivity index (χ2n) is 5.40. The summed E-state index contributed by atoms with van der Waals surface area (Å²) < 4.78 is 5.32. The maximum atomic E-state index is 5.96. The van der Waals surface area contributed by atoms with Crippen LogP contribution in [0.3, 0.4) is 0 Å². The van der Waals surface area contributed by atoms with Gasteiger partial charge in [-0.2, -0.15) is 16.7 Å². The fraction of sp³-hybridized carbons (Fsp3) is 0.833. The summed E-state index contributed by atoms with van der Waals surface area (Å²) in [5.41, 5.74) is 5.77. The standard InChI is InChI=1S/C12H21N3OS2/c1-8-10(18-7-6-17-8)11-14-9(16-15-11)4-5-12(2,3)13/h8,10H,4-7,13H2,1-3H3. The van der Waals surface area contributed by atoms with Crippen molar-refractivity contribution in [3.8, 4) is 0 Å². The Morgan fingerprint density at radius 1 is 1.39 bits per heavy atom. The summed E-state index contributed by atoms with van der Waals surface area (Å²) in [5, 5.41) is 5.05. The van der Waals surface area contributed by atoms with E-state index in [1.165, 1.54) is 11.5 Å². The van der Waals surface area contributed by atoms with Gasteiger partial charge in [0, 0.05) is 28.7 Å². The Labute approximate surface area is 117 Å². The Balaban J connectivity index is 1.97. The molecular formula is C12H21N3OS2. The van der Waals surface area contributed by atoms with Crippen LogP contribution in [-0.4, -0.2) is 32.4 Å². The quantitative estimate of drug-likeness (QED) is 0.918. The highest BCUT2D eigenvalue weighted by atomic mass is 32.2. The molecule has 1 saturated heterocycles. The van der Waals surface area contributed by atoms with Crippen molar-refractivity contribution in [1.29, 1.82) is 0 Å². The highest BCUT2D eigenvalue weighted by molar-refractivity contribution is 8.06. The van der Waals surface area contributed by atoms with E-state index in [0.29, 0.717) is 16.4 Å². The summed E-state index contributed by atoms with van der Waals surface area (Å²) >= 11 is 3.92. The number of thioether (sulfide) groups is 2. The minimum atomic E-state index is -0.183. The van der Waals surface area contributed by atoms with Gasteiger partial charge in [-0.25, -0.2) is 0 Å². The molecule has 0 saturated carbocycles. The van der Waals surface area contributed by atoms with Crippen molar-refractivity contribution in [2.45, 2.75) is 49.7 Å². The molecule has 0 amide bonds. The molecule has 102 valence electrons. The SMILES string of the molecule is CC1SCCSC1c1noc(CCC(C)(C)N)n1. The van der Waals surface area contributed by atoms with Gasteiger partial charge >= 0.3 is 0 Å². The van der Waals surface area contributed by atoms with Gasteiger partial charge in [0.2, 0.25) is 5.89 Å². The van der Waals surface area contributed by atoms with Crippen LogP contribution in [0.4, 0.5) is 0 Å². The van der Waals surface area contributed by atoms with E-state index in [-0.39, 0.29) is 5.54 Å². The third-order valence-corrected chi connectivity index (χ3v) is 6.00. The molecule has 2 unspecified atom stereocenters. The van der Waals surface area contributed by atoms with Crippen LogP contribution in [0.15, 0.2) is 4.52 Å². The molecule has 6 heteroatoms. The van der Waals surface area contributed by atoms with E-state index in [4.69, 9.17) is 10.3 Å². The van der Waals surface area contributed by atoms with Crippen molar-refractivity contribution in [3.05, 3.63) is 11.7 Å². The lowest BCUT2D eigenvalue weighted by molar-refractivity contribution is 0.354. The normalized spacial score (nSPS) is 25.3. The zero-order valence-corrected chi connectivity index (χ0v) is 12.8. The first-order valence-electron chi connectivity index (χ1n) is 6.30. The molecule has 18 heavy (non-hydrogen) atoms. The number of nitrogens with zero attached hydrogens (tertiary/aromatic N) is 2. The molecule has 1 aromatic rings. The van der Waals surface area contributed by atoms with Crippen molar-refractivity contribution >= 4 is 23.5 Å². The number of hydrogen-bond donors (Lipinski definition) is 1. The van der Waals surface area contributed by atoms with Crippen molar-refractivity contribution in [2.24, 2.45) is 5.73 Å². The van der Waals surface area contributed by atoms with Gasteiger partial charge in [-0.05, 0) is 20.3 Å². The lowest BCUT2D eigenvalue weighted by Gasteiger charge is -2.24. The van der Waals surface area contributed by atoms with Gasteiger partial charge in [0.1, 0.15) is 0 Å². The first-order chi connectivity index (χ1) is 8.46. The second-order valence-corrected chi connectivity index (χ2v) is 8.14. The van der Waals surface area contributed by atoms with Gasteiger partial charge in [-0.1, -0.05) is 12.1 Å². The summed E-state index contributed by atoms with van der Waals surface area (Å²) in [5.74, 6) is 3.95. The summed E-state index contributed by atoms with van der Waals surface area (Å²) in [7, 11) is 0. The molecule has 2 rings (SSSR count). The third-order valence-electron chi connectivity index (χ3n) is 2.91. The third kappa shape index (κ3) is 3.90. The summed E-state index contributed by atoms with van der Waals surface area (Å²) in [6.07, 6.45) is 1.62. The summed E-state index contributed by atoms with van der Waals surface area (Å²) in [6, 6.07) is 0. The highest BCUT2D eigenvalue weighted by Gasteiger charge is 2.28. The van der Waals surface area contributed by atoms with Crippen molar-refractivity contribution < 1.29 is 4.52 Å². The minimum Gasteiger partial charge on any atom is -0.339 e. The molecule has 1 fully saturated rings. The van der Waals surface area contributed by atoms with Gasteiger partial charge in [0.25, 0.3) is 0 Å². The lowest BCUT2D eigenvalue weighted by Crippen LogP contribution is -2.32. The molecule has 0 spiro atoms. The second kappa shape index (κ2) is 5.84. The zero-order chi connectivity index (χ0) is 13.2. The number of rotatable bonds is 4. The number of hydrogen-bond acceptors (Lipinski definition) is 6. The summed E-state index contributed by atoms with van der Waals surface area (Å²) in [6.45, 7) is 6.26. The number of aryl methyl sites for hydroxylation is 1. The number of nitrogens with two attached hydrogens (primary N) is 1. The predicted octanol–water partition coefficient (Wildman–Crippen LogP) is 2.65. The Morgan fingerprint density at radius 3 is 2.78 bits per heavy atom. The first-order valence-corrected chi connectivity index (χ1v) is 8.40. The van der Waals surface area contributed by atoms with Crippen LogP contribution in [0, 0.1) is 0 Å². The van der Waals surface area contributed by atoms with Crippen LogP contribution in [0.1, 0.15) is 44.2 Å². The van der Waals surface area contributed by atoms with E-state index < -0.39 is 0 Å². The molecule has 4 nitrogen and oxygen atoms in total. The largest absolute Gasteiger partial charge is 0.339 e. The van der Waals surface area contributed by atoms with E-state index >= 15 is 0 Å².